The summed E-state index contributed by atoms with van der Waals surface area (Å²) in [6, 6.07) is 10.00. The van der Waals surface area contributed by atoms with E-state index < -0.39 is 24.1 Å². The molecule has 0 aliphatic heterocycles. The number of hydrogen-bond acceptors (Lipinski definition) is 3. The molecule has 2 aromatic carbocycles. The van der Waals surface area contributed by atoms with Gasteiger partial charge in [0.15, 0.2) is 0 Å². The molecule has 2 N–H and O–H groups in total. The average Bonchev–Trinajstić information content (AvgIpc) is 2.60. The van der Waals surface area contributed by atoms with Crippen molar-refractivity contribution in [3.63, 3.8) is 0 Å². The maximum atomic E-state index is 13.7. The van der Waals surface area contributed by atoms with Crippen molar-refractivity contribution in [2.45, 2.75) is 13.2 Å². The average molecular weight is 328 g/mol. The number of carbonyl (C=O) groups is 1. The van der Waals surface area contributed by atoms with E-state index in [1.165, 1.54) is 30.5 Å². The van der Waals surface area contributed by atoms with Crippen LogP contribution in [-0.4, -0.2) is 16.0 Å². The van der Waals surface area contributed by atoms with Crippen molar-refractivity contribution >= 4 is 16.8 Å². The number of hydrogen-bond donors (Lipinski definition) is 2. The number of nitrogens with one attached hydrogen (secondary N) is 1. The molecule has 0 aliphatic rings. The van der Waals surface area contributed by atoms with E-state index in [4.69, 9.17) is 5.11 Å². The molecular formula is C18H14F2N2O2. The molecule has 3 aromatic rings. The van der Waals surface area contributed by atoms with Crippen LogP contribution in [0.4, 0.5) is 8.78 Å². The number of halogens is 2. The van der Waals surface area contributed by atoms with Crippen LogP contribution in [0.25, 0.3) is 10.9 Å². The maximum Gasteiger partial charge on any atom is 0.253 e. The molecule has 1 heterocycles. The predicted octanol–water partition coefficient (Wildman–Crippen LogP) is 2.94. The van der Waals surface area contributed by atoms with Gasteiger partial charge in [0.1, 0.15) is 11.6 Å². The van der Waals surface area contributed by atoms with Gasteiger partial charge in [0.25, 0.3) is 5.91 Å². The minimum absolute atomic E-state index is 0.122. The van der Waals surface area contributed by atoms with E-state index >= 15 is 0 Å². The normalized spacial score (nSPS) is 10.8. The Morgan fingerprint density at radius 1 is 1.17 bits per heavy atom. The molecule has 0 saturated heterocycles. The van der Waals surface area contributed by atoms with E-state index in [-0.39, 0.29) is 17.7 Å². The van der Waals surface area contributed by atoms with Crippen LogP contribution in [0.5, 0.6) is 0 Å². The van der Waals surface area contributed by atoms with Crippen molar-refractivity contribution in [1.82, 2.24) is 10.3 Å². The second-order valence-corrected chi connectivity index (χ2v) is 5.30. The summed E-state index contributed by atoms with van der Waals surface area (Å²) in [5, 5.41) is 12.3. The van der Waals surface area contributed by atoms with Gasteiger partial charge in [-0.25, -0.2) is 8.78 Å². The van der Waals surface area contributed by atoms with Gasteiger partial charge >= 0.3 is 0 Å². The Morgan fingerprint density at radius 3 is 2.79 bits per heavy atom. The molecule has 1 aromatic heterocycles. The van der Waals surface area contributed by atoms with Crippen LogP contribution in [0.15, 0.2) is 48.7 Å². The fraction of sp³-hybridized carbons (Fsp3) is 0.111. The first-order valence-corrected chi connectivity index (χ1v) is 7.29. The Kier molecular flexibility index (Phi) is 4.48. The Balaban J connectivity index is 1.83. The molecule has 6 heteroatoms. The third-order valence-electron chi connectivity index (χ3n) is 3.65. The molecule has 0 fully saturated rings. The quantitative estimate of drug-likeness (QED) is 0.774. The Hall–Kier alpha value is -2.86. The highest BCUT2D eigenvalue weighted by Crippen LogP contribution is 2.18. The van der Waals surface area contributed by atoms with Crippen molar-refractivity contribution in [3.8, 4) is 0 Å². The number of aliphatic hydroxyl groups excluding tert-OH is 1. The highest BCUT2D eigenvalue weighted by molar-refractivity contribution is 6.05. The van der Waals surface area contributed by atoms with Crippen molar-refractivity contribution in [1.29, 1.82) is 0 Å². The fourth-order valence-corrected chi connectivity index (χ4v) is 2.47. The summed E-state index contributed by atoms with van der Waals surface area (Å²) in [6.07, 6.45) is 1.53. The Labute approximate surface area is 136 Å². The number of amides is 1. The summed E-state index contributed by atoms with van der Waals surface area (Å²) < 4.78 is 27.0. The summed E-state index contributed by atoms with van der Waals surface area (Å²) in [6.45, 7) is -0.303. The minimum atomic E-state index is -0.523. The molecule has 0 spiro atoms. The third kappa shape index (κ3) is 3.23. The van der Waals surface area contributed by atoms with Gasteiger partial charge < -0.3 is 10.4 Å². The van der Waals surface area contributed by atoms with E-state index in [1.807, 2.05) is 0 Å². The molecule has 4 nitrogen and oxygen atoms in total. The van der Waals surface area contributed by atoms with Gasteiger partial charge in [-0.2, -0.15) is 0 Å². The molecule has 3 rings (SSSR count). The largest absolute Gasteiger partial charge is 0.392 e. The van der Waals surface area contributed by atoms with E-state index in [1.54, 1.807) is 12.1 Å². The van der Waals surface area contributed by atoms with Gasteiger partial charge in [0.2, 0.25) is 0 Å². The lowest BCUT2D eigenvalue weighted by atomic mass is 10.1. The standard InChI is InChI=1S/C18H14F2N2O2/c19-14-7-12-2-1-5-21-17(12)15(8-14)18(24)22-9-11-3-4-16(20)13(6-11)10-23/h1-8,23H,9-10H2,(H,22,24). The number of benzene rings is 2. The van der Waals surface area contributed by atoms with Crippen LogP contribution >= 0.6 is 0 Å². The lowest BCUT2D eigenvalue weighted by Crippen LogP contribution is -2.23. The zero-order valence-electron chi connectivity index (χ0n) is 12.6. The predicted molar refractivity (Wildman–Crippen MR) is 85.2 cm³/mol. The first-order chi connectivity index (χ1) is 11.6. The number of carbonyl (C=O) groups excluding carboxylic acids is 1. The molecule has 0 radical (unpaired) electrons. The lowest BCUT2D eigenvalue weighted by Gasteiger charge is -2.09. The van der Waals surface area contributed by atoms with Crippen molar-refractivity contribution < 1.29 is 18.7 Å². The van der Waals surface area contributed by atoms with E-state index in [2.05, 4.69) is 10.3 Å². The first kappa shape index (κ1) is 16.0. The second-order valence-electron chi connectivity index (χ2n) is 5.30. The number of nitrogens with zero attached hydrogens (tertiary/aromatic N) is 1. The van der Waals surface area contributed by atoms with Crippen molar-refractivity contribution in [2.75, 3.05) is 0 Å². The summed E-state index contributed by atoms with van der Waals surface area (Å²) in [5.74, 6) is -1.51. The Morgan fingerprint density at radius 2 is 2.00 bits per heavy atom. The van der Waals surface area contributed by atoms with E-state index in [0.717, 1.165) is 6.07 Å². The fourth-order valence-electron chi connectivity index (χ4n) is 2.47. The zero-order chi connectivity index (χ0) is 17.1. The molecule has 0 bridgehead atoms. The molecule has 122 valence electrons. The van der Waals surface area contributed by atoms with Gasteiger partial charge in [-0.3, -0.25) is 9.78 Å². The maximum absolute atomic E-state index is 13.7. The summed E-state index contributed by atoms with van der Waals surface area (Å²) >= 11 is 0. The molecule has 0 atom stereocenters. The third-order valence-corrected chi connectivity index (χ3v) is 3.65. The van der Waals surface area contributed by atoms with Gasteiger partial charge in [-0.15, -0.1) is 0 Å². The number of rotatable bonds is 4. The molecule has 0 aliphatic carbocycles. The highest BCUT2D eigenvalue weighted by atomic mass is 19.1. The summed E-state index contributed by atoms with van der Waals surface area (Å²) in [5.41, 5.74) is 1.32. The zero-order valence-corrected chi connectivity index (χ0v) is 12.6. The number of fused-ring (bicyclic) bond motifs is 1. The minimum Gasteiger partial charge on any atom is -0.392 e. The van der Waals surface area contributed by atoms with Gasteiger partial charge in [0.05, 0.1) is 17.7 Å². The van der Waals surface area contributed by atoms with Crippen LogP contribution in [0, 0.1) is 11.6 Å². The summed E-state index contributed by atoms with van der Waals surface area (Å²) in [4.78, 5) is 16.5. The van der Waals surface area contributed by atoms with E-state index in [0.29, 0.717) is 16.5 Å². The van der Waals surface area contributed by atoms with Crippen LogP contribution < -0.4 is 5.32 Å². The number of pyridine rings is 1. The summed E-state index contributed by atoms with van der Waals surface area (Å²) in [7, 11) is 0. The smallest absolute Gasteiger partial charge is 0.253 e. The topological polar surface area (TPSA) is 62.2 Å². The van der Waals surface area contributed by atoms with Crippen LogP contribution in [0.3, 0.4) is 0 Å². The van der Waals surface area contributed by atoms with E-state index in [9.17, 15) is 13.6 Å². The van der Waals surface area contributed by atoms with Crippen LogP contribution in [0.2, 0.25) is 0 Å². The SMILES string of the molecule is O=C(NCc1ccc(F)c(CO)c1)c1cc(F)cc2cccnc12. The lowest BCUT2D eigenvalue weighted by molar-refractivity contribution is 0.0952. The first-order valence-electron chi connectivity index (χ1n) is 7.29. The van der Waals surface area contributed by atoms with Gasteiger partial charge in [0, 0.05) is 23.7 Å². The Bertz CT molecular complexity index is 913. The monoisotopic (exact) mass is 328 g/mol. The van der Waals surface area contributed by atoms with Crippen LogP contribution in [0.1, 0.15) is 21.5 Å². The highest BCUT2D eigenvalue weighted by Gasteiger charge is 2.13. The van der Waals surface area contributed by atoms with Gasteiger partial charge in [-0.05, 0) is 35.9 Å². The second kappa shape index (κ2) is 6.72. The van der Waals surface area contributed by atoms with Crippen LogP contribution in [-0.2, 0) is 13.2 Å². The van der Waals surface area contributed by atoms with Gasteiger partial charge in [-0.1, -0.05) is 12.1 Å². The molecule has 24 heavy (non-hydrogen) atoms. The number of aromatic nitrogens is 1. The molecule has 0 unspecified atom stereocenters. The van der Waals surface area contributed by atoms with Crippen molar-refractivity contribution in [3.05, 3.63) is 77.0 Å². The molecular weight excluding hydrogens is 314 g/mol. The van der Waals surface area contributed by atoms with Crippen molar-refractivity contribution in [2.24, 2.45) is 0 Å². The molecule has 1 amide bonds. The molecule has 0 saturated carbocycles. The number of aliphatic hydroxyl groups is 1.